The molecule has 1 fully saturated rings. The Kier molecular flexibility index (Phi) is 5.17. The van der Waals surface area contributed by atoms with E-state index in [1.807, 2.05) is 0 Å². The van der Waals surface area contributed by atoms with Crippen molar-refractivity contribution in [2.24, 2.45) is 5.41 Å². The molecule has 3 N–H and O–H groups in total. The quantitative estimate of drug-likeness (QED) is 0.746. The Morgan fingerprint density at radius 1 is 1.45 bits per heavy atom. The van der Waals surface area contributed by atoms with Crippen LogP contribution in [0.5, 0.6) is 0 Å². The first-order valence-electron chi connectivity index (χ1n) is 7.73. The molecule has 1 aromatic heterocycles. The summed E-state index contributed by atoms with van der Waals surface area (Å²) < 4.78 is 0. The van der Waals surface area contributed by atoms with Crippen LogP contribution in [0.1, 0.15) is 57.8 Å². The van der Waals surface area contributed by atoms with Crippen molar-refractivity contribution in [1.29, 1.82) is 0 Å². The van der Waals surface area contributed by atoms with Crippen LogP contribution >= 0.6 is 0 Å². The molecule has 0 bridgehead atoms. The third-order valence-electron chi connectivity index (χ3n) is 4.33. The van der Waals surface area contributed by atoms with Crippen LogP contribution in [-0.2, 0) is 4.79 Å². The minimum absolute atomic E-state index is 0.0129. The molecule has 2 rings (SSSR count). The van der Waals surface area contributed by atoms with Gasteiger partial charge in [-0.25, -0.2) is 4.98 Å². The fourth-order valence-corrected chi connectivity index (χ4v) is 3.12. The van der Waals surface area contributed by atoms with Gasteiger partial charge in [0.1, 0.15) is 5.82 Å². The van der Waals surface area contributed by atoms with E-state index < -0.39 is 0 Å². The lowest BCUT2D eigenvalue weighted by atomic mass is 9.74. The van der Waals surface area contributed by atoms with E-state index in [4.69, 9.17) is 0 Å². The van der Waals surface area contributed by atoms with Crippen LogP contribution in [0.2, 0.25) is 0 Å². The molecule has 1 amide bonds. The number of imidazole rings is 1. The fourth-order valence-electron chi connectivity index (χ4n) is 3.12. The van der Waals surface area contributed by atoms with Crippen molar-refractivity contribution in [3.8, 4) is 0 Å². The maximum Gasteiger partial charge on any atom is 0.226 e. The number of piperidine rings is 1. The molecule has 1 aliphatic heterocycles. The van der Waals surface area contributed by atoms with Crippen molar-refractivity contribution in [3.63, 3.8) is 0 Å². The van der Waals surface area contributed by atoms with Crippen LogP contribution in [0.15, 0.2) is 12.4 Å². The van der Waals surface area contributed by atoms with Crippen LogP contribution in [-0.4, -0.2) is 29.0 Å². The maximum atomic E-state index is 12.8. The highest BCUT2D eigenvalue weighted by Gasteiger charge is 2.39. The van der Waals surface area contributed by atoms with E-state index in [-0.39, 0.29) is 17.4 Å². The van der Waals surface area contributed by atoms with Crippen LogP contribution in [0.25, 0.3) is 0 Å². The smallest absolute Gasteiger partial charge is 0.226 e. The Hall–Kier alpha value is -1.36. The number of carbonyl (C=O) groups excluding carboxylic acids is 1. The molecule has 0 radical (unpaired) electrons. The van der Waals surface area contributed by atoms with E-state index in [1.165, 1.54) is 0 Å². The normalized spacial score (nSPS) is 19.5. The number of H-pyrrole nitrogens is 1. The molecule has 0 saturated carbocycles. The van der Waals surface area contributed by atoms with Crippen molar-refractivity contribution in [3.05, 3.63) is 18.2 Å². The topological polar surface area (TPSA) is 69.8 Å². The van der Waals surface area contributed by atoms with E-state index in [0.29, 0.717) is 0 Å². The van der Waals surface area contributed by atoms with Gasteiger partial charge in [0.2, 0.25) is 5.91 Å². The standard InChI is InChI=1S/C15H26N4O/c1-3-5-15(6-8-16-9-7-15)14(20)19-12(4-2)13-17-10-11-18-13/h10-12,16H,3-9H2,1-2H3,(H,17,18)(H,19,20). The number of rotatable bonds is 6. The molecule has 5 nitrogen and oxygen atoms in total. The Bertz CT molecular complexity index is 404. The SMILES string of the molecule is CCCC1(C(=O)NC(CC)c2ncc[nH]2)CCNCC1. The van der Waals surface area contributed by atoms with Gasteiger partial charge in [0.15, 0.2) is 0 Å². The second-order valence-electron chi connectivity index (χ2n) is 5.69. The van der Waals surface area contributed by atoms with Gasteiger partial charge in [0, 0.05) is 12.4 Å². The maximum absolute atomic E-state index is 12.8. The first kappa shape index (κ1) is 15.0. The van der Waals surface area contributed by atoms with E-state index in [2.05, 4.69) is 34.4 Å². The summed E-state index contributed by atoms with van der Waals surface area (Å²) in [5, 5.41) is 6.55. The Morgan fingerprint density at radius 2 is 2.20 bits per heavy atom. The number of hydrogen-bond acceptors (Lipinski definition) is 3. The number of nitrogens with one attached hydrogen (secondary N) is 3. The van der Waals surface area contributed by atoms with Crippen LogP contribution < -0.4 is 10.6 Å². The predicted octanol–water partition coefficient (Wildman–Crippen LogP) is 2.15. The van der Waals surface area contributed by atoms with Gasteiger partial charge in [-0.2, -0.15) is 0 Å². The van der Waals surface area contributed by atoms with Crippen molar-refractivity contribution >= 4 is 5.91 Å². The molecule has 0 aliphatic carbocycles. The number of nitrogens with zero attached hydrogens (tertiary/aromatic N) is 1. The van der Waals surface area contributed by atoms with Gasteiger partial charge in [-0.3, -0.25) is 4.79 Å². The number of hydrogen-bond donors (Lipinski definition) is 3. The summed E-state index contributed by atoms with van der Waals surface area (Å²) in [4.78, 5) is 20.2. The van der Waals surface area contributed by atoms with Gasteiger partial charge in [-0.05, 0) is 38.8 Å². The highest BCUT2D eigenvalue weighted by molar-refractivity contribution is 5.83. The summed E-state index contributed by atoms with van der Waals surface area (Å²) in [5.41, 5.74) is -0.194. The van der Waals surface area contributed by atoms with E-state index in [9.17, 15) is 4.79 Å². The van der Waals surface area contributed by atoms with E-state index in [0.717, 1.165) is 51.0 Å². The Balaban J connectivity index is 2.07. The number of aromatic nitrogens is 2. The monoisotopic (exact) mass is 278 g/mol. The molecule has 5 heteroatoms. The molecule has 112 valence electrons. The first-order chi connectivity index (χ1) is 9.72. The zero-order chi connectivity index (χ0) is 14.4. The Morgan fingerprint density at radius 3 is 2.75 bits per heavy atom. The van der Waals surface area contributed by atoms with Crippen molar-refractivity contribution < 1.29 is 4.79 Å². The summed E-state index contributed by atoms with van der Waals surface area (Å²) in [6, 6.07) is -0.0129. The van der Waals surface area contributed by atoms with E-state index in [1.54, 1.807) is 12.4 Å². The first-order valence-corrected chi connectivity index (χ1v) is 7.73. The second-order valence-corrected chi connectivity index (χ2v) is 5.69. The average Bonchev–Trinajstić information content (AvgIpc) is 2.99. The molecule has 20 heavy (non-hydrogen) atoms. The molecule has 1 atom stereocenters. The van der Waals surface area contributed by atoms with Gasteiger partial charge in [-0.15, -0.1) is 0 Å². The fraction of sp³-hybridized carbons (Fsp3) is 0.733. The van der Waals surface area contributed by atoms with E-state index >= 15 is 0 Å². The van der Waals surface area contributed by atoms with Crippen LogP contribution in [0.3, 0.4) is 0 Å². The third-order valence-corrected chi connectivity index (χ3v) is 4.33. The summed E-state index contributed by atoms with van der Waals surface area (Å²) in [6.45, 7) is 6.10. The Labute approximate surface area is 120 Å². The predicted molar refractivity (Wildman–Crippen MR) is 79.2 cm³/mol. The molecule has 2 heterocycles. The summed E-state index contributed by atoms with van der Waals surface area (Å²) in [5.74, 6) is 1.05. The molecule has 1 saturated heterocycles. The number of amides is 1. The zero-order valence-corrected chi connectivity index (χ0v) is 12.5. The number of carbonyl (C=O) groups is 1. The minimum atomic E-state index is -0.194. The lowest BCUT2D eigenvalue weighted by Crippen LogP contribution is -2.48. The lowest BCUT2D eigenvalue weighted by molar-refractivity contribution is -0.134. The van der Waals surface area contributed by atoms with Crippen LogP contribution in [0, 0.1) is 5.41 Å². The summed E-state index contributed by atoms with van der Waals surface area (Å²) in [7, 11) is 0. The van der Waals surface area contributed by atoms with Crippen molar-refractivity contribution in [1.82, 2.24) is 20.6 Å². The van der Waals surface area contributed by atoms with Crippen molar-refractivity contribution in [2.45, 2.75) is 52.0 Å². The molecule has 0 spiro atoms. The molecule has 1 unspecified atom stereocenters. The van der Waals surface area contributed by atoms with Gasteiger partial charge < -0.3 is 15.6 Å². The molecule has 0 aromatic carbocycles. The summed E-state index contributed by atoms with van der Waals surface area (Å²) in [6.07, 6.45) is 8.26. The van der Waals surface area contributed by atoms with Gasteiger partial charge in [-0.1, -0.05) is 20.3 Å². The van der Waals surface area contributed by atoms with Crippen LogP contribution in [0.4, 0.5) is 0 Å². The minimum Gasteiger partial charge on any atom is -0.347 e. The second kappa shape index (κ2) is 6.88. The molecule has 1 aliphatic rings. The lowest BCUT2D eigenvalue weighted by Gasteiger charge is -2.37. The molecule has 1 aromatic rings. The van der Waals surface area contributed by atoms with Crippen molar-refractivity contribution in [2.75, 3.05) is 13.1 Å². The average molecular weight is 278 g/mol. The zero-order valence-electron chi connectivity index (χ0n) is 12.5. The molecular formula is C15H26N4O. The van der Waals surface area contributed by atoms with Gasteiger partial charge >= 0.3 is 0 Å². The van der Waals surface area contributed by atoms with Gasteiger partial charge in [0.25, 0.3) is 0 Å². The largest absolute Gasteiger partial charge is 0.347 e. The highest BCUT2D eigenvalue weighted by atomic mass is 16.2. The third kappa shape index (κ3) is 3.20. The molecular weight excluding hydrogens is 252 g/mol. The summed E-state index contributed by atoms with van der Waals surface area (Å²) >= 11 is 0. The van der Waals surface area contributed by atoms with Gasteiger partial charge in [0.05, 0.1) is 11.5 Å². The number of aromatic amines is 1. The highest BCUT2D eigenvalue weighted by Crippen LogP contribution is 2.35.